The summed E-state index contributed by atoms with van der Waals surface area (Å²) in [4.78, 5) is 17.2. The van der Waals surface area contributed by atoms with Crippen LogP contribution in [0, 0.1) is 13.8 Å². The van der Waals surface area contributed by atoms with Gasteiger partial charge in [0.25, 0.3) is 0 Å². The van der Waals surface area contributed by atoms with Crippen LogP contribution in [-0.2, 0) is 0 Å². The standard InChI is InChI=1S/C27H31N3O3/c1-19-16-24(26(33-4)17-20(19)2)28-27(31)30-14-12-29(13-15-30)25-18-22(32-3)10-11-23(25)21-8-6-5-7-9-21/h5-11,16-18H,12-15H2,1-4H3,(H,28,31). The summed E-state index contributed by atoms with van der Waals surface area (Å²) in [5.41, 5.74) is 6.39. The minimum absolute atomic E-state index is 0.106. The minimum Gasteiger partial charge on any atom is -0.497 e. The largest absolute Gasteiger partial charge is 0.497 e. The van der Waals surface area contributed by atoms with E-state index >= 15 is 0 Å². The number of piperazine rings is 1. The van der Waals surface area contributed by atoms with E-state index in [1.54, 1.807) is 14.2 Å². The molecule has 0 bridgehead atoms. The number of carbonyl (C=O) groups is 1. The van der Waals surface area contributed by atoms with Gasteiger partial charge in [-0.05, 0) is 54.8 Å². The molecular weight excluding hydrogens is 414 g/mol. The summed E-state index contributed by atoms with van der Waals surface area (Å²) < 4.78 is 11.0. The van der Waals surface area contributed by atoms with Gasteiger partial charge in [-0.1, -0.05) is 30.3 Å². The highest BCUT2D eigenvalue weighted by molar-refractivity contribution is 5.91. The van der Waals surface area contributed by atoms with E-state index in [1.165, 1.54) is 0 Å². The van der Waals surface area contributed by atoms with E-state index in [2.05, 4.69) is 34.5 Å². The third-order valence-corrected chi connectivity index (χ3v) is 6.25. The highest BCUT2D eigenvalue weighted by atomic mass is 16.5. The Labute approximate surface area is 195 Å². The van der Waals surface area contributed by atoms with Gasteiger partial charge < -0.3 is 24.6 Å². The molecule has 0 atom stereocenters. The van der Waals surface area contributed by atoms with Crippen molar-refractivity contribution in [2.75, 3.05) is 50.6 Å². The fraction of sp³-hybridized carbons (Fsp3) is 0.296. The van der Waals surface area contributed by atoms with Gasteiger partial charge in [-0.25, -0.2) is 4.79 Å². The second-order valence-electron chi connectivity index (χ2n) is 8.29. The van der Waals surface area contributed by atoms with Crippen LogP contribution in [0.1, 0.15) is 11.1 Å². The molecule has 0 spiro atoms. The van der Waals surface area contributed by atoms with Crippen LogP contribution >= 0.6 is 0 Å². The van der Waals surface area contributed by atoms with Gasteiger partial charge in [-0.2, -0.15) is 0 Å². The molecule has 1 fully saturated rings. The number of benzene rings is 3. The fourth-order valence-corrected chi connectivity index (χ4v) is 4.16. The molecule has 4 rings (SSSR count). The minimum atomic E-state index is -0.106. The summed E-state index contributed by atoms with van der Waals surface area (Å²) in [6.45, 7) is 6.80. The number of carbonyl (C=O) groups excluding carboxylic acids is 1. The van der Waals surface area contributed by atoms with Gasteiger partial charge in [0.1, 0.15) is 11.5 Å². The molecule has 6 heteroatoms. The maximum absolute atomic E-state index is 13.0. The Balaban J connectivity index is 1.48. The van der Waals surface area contributed by atoms with E-state index in [0.717, 1.165) is 46.8 Å². The molecule has 172 valence electrons. The molecular formula is C27H31N3O3. The van der Waals surface area contributed by atoms with Gasteiger partial charge in [0, 0.05) is 43.5 Å². The van der Waals surface area contributed by atoms with Gasteiger partial charge in [-0.15, -0.1) is 0 Å². The van der Waals surface area contributed by atoms with Crippen molar-refractivity contribution in [2.24, 2.45) is 0 Å². The second-order valence-corrected chi connectivity index (χ2v) is 8.29. The Morgan fingerprint density at radius 3 is 2.21 bits per heavy atom. The van der Waals surface area contributed by atoms with Crippen molar-refractivity contribution in [3.8, 4) is 22.6 Å². The smallest absolute Gasteiger partial charge is 0.322 e. The van der Waals surface area contributed by atoms with E-state index in [9.17, 15) is 4.79 Å². The first-order valence-corrected chi connectivity index (χ1v) is 11.2. The molecule has 0 aliphatic carbocycles. The van der Waals surface area contributed by atoms with Crippen LogP contribution in [0.4, 0.5) is 16.2 Å². The molecule has 0 unspecified atom stereocenters. The number of hydrogen-bond acceptors (Lipinski definition) is 4. The van der Waals surface area contributed by atoms with E-state index < -0.39 is 0 Å². The van der Waals surface area contributed by atoms with Crippen LogP contribution in [0.2, 0.25) is 0 Å². The molecule has 3 aromatic carbocycles. The number of nitrogens with zero attached hydrogens (tertiary/aromatic N) is 2. The zero-order valence-corrected chi connectivity index (χ0v) is 19.7. The Hall–Kier alpha value is -3.67. The lowest BCUT2D eigenvalue weighted by molar-refractivity contribution is 0.208. The Kier molecular flexibility index (Phi) is 6.73. The van der Waals surface area contributed by atoms with Crippen molar-refractivity contribution in [1.82, 2.24) is 4.90 Å². The molecule has 1 saturated heterocycles. The average molecular weight is 446 g/mol. The molecule has 1 heterocycles. The monoisotopic (exact) mass is 445 g/mol. The van der Waals surface area contributed by atoms with E-state index in [1.807, 2.05) is 55.1 Å². The van der Waals surface area contributed by atoms with Crippen LogP contribution in [0.3, 0.4) is 0 Å². The highest BCUT2D eigenvalue weighted by Gasteiger charge is 2.24. The first-order valence-electron chi connectivity index (χ1n) is 11.2. The van der Waals surface area contributed by atoms with Gasteiger partial charge >= 0.3 is 6.03 Å². The lowest BCUT2D eigenvalue weighted by Crippen LogP contribution is -2.50. The van der Waals surface area contributed by atoms with Crippen LogP contribution in [-0.4, -0.2) is 51.3 Å². The normalized spacial score (nSPS) is 13.6. The van der Waals surface area contributed by atoms with Crippen LogP contribution in [0.15, 0.2) is 60.7 Å². The van der Waals surface area contributed by atoms with Crippen LogP contribution < -0.4 is 19.7 Å². The Bertz CT molecular complexity index is 1120. The molecule has 0 aromatic heterocycles. The third kappa shape index (κ3) is 4.90. The zero-order valence-electron chi connectivity index (χ0n) is 19.7. The van der Waals surface area contributed by atoms with Crippen LogP contribution in [0.5, 0.6) is 11.5 Å². The zero-order chi connectivity index (χ0) is 23.4. The van der Waals surface area contributed by atoms with Gasteiger partial charge in [0.15, 0.2) is 0 Å². The quantitative estimate of drug-likeness (QED) is 0.576. The van der Waals surface area contributed by atoms with Crippen molar-refractivity contribution < 1.29 is 14.3 Å². The molecule has 3 aromatic rings. The number of aryl methyl sites for hydroxylation is 2. The first kappa shape index (κ1) is 22.5. The predicted molar refractivity (Wildman–Crippen MR) is 134 cm³/mol. The summed E-state index contributed by atoms with van der Waals surface area (Å²) in [7, 11) is 3.31. The summed E-state index contributed by atoms with van der Waals surface area (Å²) in [6.07, 6.45) is 0. The molecule has 0 radical (unpaired) electrons. The average Bonchev–Trinajstić information content (AvgIpc) is 2.86. The molecule has 1 N–H and O–H groups in total. The van der Waals surface area contributed by atoms with Crippen molar-refractivity contribution in [3.05, 3.63) is 71.8 Å². The summed E-state index contributed by atoms with van der Waals surface area (Å²) in [5.74, 6) is 1.50. The van der Waals surface area contributed by atoms with Gasteiger partial charge in [-0.3, -0.25) is 0 Å². The Morgan fingerprint density at radius 2 is 1.55 bits per heavy atom. The van der Waals surface area contributed by atoms with Crippen molar-refractivity contribution in [1.29, 1.82) is 0 Å². The maximum atomic E-state index is 13.0. The summed E-state index contributed by atoms with van der Waals surface area (Å²) in [5, 5.41) is 3.03. The number of methoxy groups -OCH3 is 2. The molecule has 1 aliphatic heterocycles. The predicted octanol–water partition coefficient (Wildman–Crippen LogP) is 5.34. The van der Waals surface area contributed by atoms with Crippen LogP contribution in [0.25, 0.3) is 11.1 Å². The van der Waals surface area contributed by atoms with E-state index in [-0.39, 0.29) is 6.03 Å². The lowest BCUT2D eigenvalue weighted by atomic mass is 10.0. The lowest BCUT2D eigenvalue weighted by Gasteiger charge is -2.37. The topological polar surface area (TPSA) is 54.0 Å². The van der Waals surface area contributed by atoms with Gasteiger partial charge in [0.2, 0.25) is 0 Å². The third-order valence-electron chi connectivity index (χ3n) is 6.25. The molecule has 0 saturated carbocycles. The number of urea groups is 1. The van der Waals surface area contributed by atoms with E-state index in [4.69, 9.17) is 9.47 Å². The molecule has 1 aliphatic rings. The number of amides is 2. The number of rotatable bonds is 5. The molecule has 33 heavy (non-hydrogen) atoms. The van der Waals surface area contributed by atoms with E-state index in [0.29, 0.717) is 24.5 Å². The number of nitrogens with one attached hydrogen (secondary N) is 1. The molecule has 6 nitrogen and oxygen atoms in total. The van der Waals surface area contributed by atoms with Gasteiger partial charge in [0.05, 0.1) is 19.9 Å². The maximum Gasteiger partial charge on any atom is 0.322 e. The first-order chi connectivity index (χ1) is 16.0. The number of anilines is 2. The fourth-order valence-electron chi connectivity index (χ4n) is 4.16. The SMILES string of the molecule is COc1ccc(-c2ccccc2)c(N2CCN(C(=O)Nc3cc(C)c(C)cc3OC)CC2)c1. The molecule has 2 amide bonds. The highest BCUT2D eigenvalue weighted by Crippen LogP contribution is 2.35. The van der Waals surface area contributed by atoms with Crippen molar-refractivity contribution in [3.63, 3.8) is 0 Å². The van der Waals surface area contributed by atoms with Crippen molar-refractivity contribution in [2.45, 2.75) is 13.8 Å². The number of hydrogen-bond donors (Lipinski definition) is 1. The second kappa shape index (κ2) is 9.86. The van der Waals surface area contributed by atoms with Crippen molar-refractivity contribution >= 4 is 17.4 Å². The summed E-state index contributed by atoms with van der Waals surface area (Å²) in [6, 6.07) is 20.3. The summed E-state index contributed by atoms with van der Waals surface area (Å²) >= 11 is 0. The Morgan fingerprint density at radius 1 is 0.848 bits per heavy atom. The number of ether oxygens (including phenoxy) is 2.